The standard InChI is InChI=1S/C21H23NO5S/c1-26-17-8-6-16(7-9-17)10-15-28(24,25)22-13-11-21(12-14-22)19-5-3-2-4-18(19)20(23)27-21/h2-9H,10-15H2,1H3. The van der Waals surface area contributed by atoms with Gasteiger partial charge in [-0.25, -0.2) is 17.5 Å². The van der Waals surface area contributed by atoms with Crippen molar-refractivity contribution in [3.05, 3.63) is 65.2 Å². The molecule has 1 fully saturated rings. The molecule has 0 radical (unpaired) electrons. The Kier molecular flexibility index (Phi) is 4.89. The molecule has 4 rings (SSSR count). The number of sulfonamides is 1. The van der Waals surface area contributed by atoms with Crippen molar-refractivity contribution in [2.45, 2.75) is 24.9 Å². The van der Waals surface area contributed by atoms with E-state index in [1.807, 2.05) is 42.5 Å². The molecule has 1 spiro atoms. The maximum atomic E-state index is 12.8. The van der Waals surface area contributed by atoms with E-state index in [4.69, 9.17) is 9.47 Å². The molecule has 2 aromatic carbocycles. The number of benzene rings is 2. The first-order chi connectivity index (χ1) is 13.4. The number of nitrogens with zero attached hydrogens (tertiary/aromatic N) is 1. The van der Waals surface area contributed by atoms with Crippen LogP contribution in [-0.2, 0) is 26.8 Å². The molecule has 6 nitrogen and oxygen atoms in total. The highest BCUT2D eigenvalue weighted by Gasteiger charge is 2.48. The highest BCUT2D eigenvalue weighted by Crippen LogP contribution is 2.44. The lowest BCUT2D eigenvalue weighted by atomic mass is 9.84. The lowest BCUT2D eigenvalue weighted by Gasteiger charge is -2.37. The van der Waals surface area contributed by atoms with Crippen LogP contribution in [-0.4, -0.2) is 44.6 Å². The van der Waals surface area contributed by atoms with Crippen LogP contribution in [0.4, 0.5) is 0 Å². The Morgan fingerprint density at radius 3 is 2.43 bits per heavy atom. The Morgan fingerprint density at radius 2 is 1.75 bits per heavy atom. The molecule has 1 saturated heterocycles. The Bertz CT molecular complexity index is 976. The average Bonchev–Trinajstić information content (AvgIpc) is 2.99. The average molecular weight is 401 g/mol. The molecule has 0 unspecified atom stereocenters. The van der Waals surface area contributed by atoms with Crippen molar-refractivity contribution in [3.63, 3.8) is 0 Å². The monoisotopic (exact) mass is 401 g/mol. The molecule has 0 bridgehead atoms. The van der Waals surface area contributed by atoms with E-state index in [2.05, 4.69) is 0 Å². The van der Waals surface area contributed by atoms with E-state index in [1.54, 1.807) is 13.2 Å². The van der Waals surface area contributed by atoms with E-state index in [0.29, 0.717) is 37.9 Å². The Balaban J connectivity index is 1.41. The summed E-state index contributed by atoms with van der Waals surface area (Å²) in [5.41, 5.74) is 1.75. The summed E-state index contributed by atoms with van der Waals surface area (Å²) in [5, 5.41) is 0. The number of aryl methyl sites for hydroxylation is 1. The molecule has 0 amide bonds. The number of ether oxygens (including phenoxy) is 2. The summed E-state index contributed by atoms with van der Waals surface area (Å²) in [6.07, 6.45) is 1.42. The predicted molar refractivity (Wildman–Crippen MR) is 105 cm³/mol. The van der Waals surface area contributed by atoms with E-state index < -0.39 is 15.6 Å². The van der Waals surface area contributed by atoms with Crippen LogP contribution in [0.15, 0.2) is 48.5 Å². The van der Waals surface area contributed by atoms with Gasteiger partial charge in [-0.05, 0) is 30.2 Å². The largest absolute Gasteiger partial charge is 0.497 e. The molecular weight excluding hydrogens is 378 g/mol. The SMILES string of the molecule is COc1ccc(CCS(=O)(=O)N2CCC3(CC2)OC(=O)c2ccccc23)cc1. The van der Waals surface area contributed by atoms with E-state index in [0.717, 1.165) is 16.9 Å². The van der Waals surface area contributed by atoms with E-state index in [9.17, 15) is 13.2 Å². The molecule has 28 heavy (non-hydrogen) atoms. The maximum Gasteiger partial charge on any atom is 0.339 e. The van der Waals surface area contributed by atoms with Gasteiger partial charge in [0, 0.05) is 31.5 Å². The van der Waals surface area contributed by atoms with Gasteiger partial charge < -0.3 is 9.47 Å². The molecule has 2 aliphatic rings. The zero-order valence-electron chi connectivity index (χ0n) is 15.8. The second kappa shape index (κ2) is 7.22. The number of hydrogen-bond donors (Lipinski definition) is 0. The van der Waals surface area contributed by atoms with Gasteiger partial charge in [-0.1, -0.05) is 30.3 Å². The summed E-state index contributed by atoms with van der Waals surface area (Å²) in [6.45, 7) is 0.707. The molecular formula is C21H23NO5S. The molecule has 0 atom stereocenters. The zero-order chi connectivity index (χ0) is 19.8. The number of rotatable bonds is 5. The minimum Gasteiger partial charge on any atom is -0.497 e. The van der Waals surface area contributed by atoms with Crippen LogP contribution in [0.2, 0.25) is 0 Å². The van der Waals surface area contributed by atoms with Crippen molar-refractivity contribution in [1.82, 2.24) is 4.31 Å². The minimum absolute atomic E-state index is 0.0582. The fourth-order valence-electron chi connectivity index (χ4n) is 4.01. The quantitative estimate of drug-likeness (QED) is 0.721. The Labute approximate surface area is 165 Å². The third kappa shape index (κ3) is 3.40. The maximum absolute atomic E-state index is 12.8. The lowest BCUT2D eigenvalue weighted by molar-refractivity contribution is -0.0329. The zero-order valence-corrected chi connectivity index (χ0v) is 16.6. The van der Waals surface area contributed by atoms with Crippen LogP contribution in [0.1, 0.15) is 34.3 Å². The minimum atomic E-state index is -3.37. The number of piperidine rings is 1. The van der Waals surface area contributed by atoms with E-state index in [-0.39, 0.29) is 11.7 Å². The van der Waals surface area contributed by atoms with Gasteiger partial charge in [0.1, 0.15) is 11.4 Å². The van der Waals surface area contributed by atoms with E-state index >= 15 is 0 Å². The first kappa shape index (κ1) is 19.0. The second-order valence-electron chi connectivity index (χ2n) is 7.24. The number of carbonyl (C=O) groups excluding carboxylic acids is 1. The van der Waals surface area contributed by atoms with Crippen LogP contribution >= 0.6 is 0 Å². The number of hydrogen-bond acceptors (Lipinski definition) is 5. The van der Waals surface area contributed by atoms with Crippen molar-refractivity contribution in [1.29, 1.82) is 0 Å². The molecule has 2 aromatic rings. The summed E-state index contributed by atoms with van der Waals surface area (Å²) in [7, 11) is -1.77. The first-order valence-corrected chi connectivity index (χ1v) is 11.0. The number of carbonyl (C=O) groups is 1. The summed E-state index contributed by atoms with van der Waals surface area (Å²) in [4.78, 5) is 12.2. The second-order valence-corrected chi connectivity index (χ2v) is 9.33. The predicted octanol–water partition coefficient (Wildman–Crippen LogP) is 2.73. The van der Waals surface area contributed by atoms with Crippen molar-refractivity contribution in [3.8, 4) is 5.75 Å². The lowest BCUT2D eigenvalue weighted by Crippen LogP contribution is -2.46. The van der Waals surface area contributed by atoms with Crippen LogP contribution in [0.25, 0.3) is 0 Å². The fourth-order valence-corrected chi connectivity index (χ4v) is 5.50. The van der Waals surface area contributed by atoms with Gasteiger partial charge in [-0.15, -0.1) is 0 Å². The summed E-state index contributed by atoms with van der Waals surface area (Å²) in [5.74, 6) is 0.494. The normalized spacial score (nSPS) is 18.7. The van der Waals surface area contributed by atoms with Gasteiger partial charge >= 0.3 is 5.97 Å². The molecule has 0 saturated carbocycles. The van der Waals surface area contributed by atoms with Crippen LogP contribution in [0.3, 0.4) is 0 Å². The molecule has 2 aliphatic heterocycles. The van der Waals surface area contributed by atoms with E-state index in [1.165, 1.54) is 4.31 Å². The summed E-state index contributed by atoms with van der Waals surface area (Å²) >= 11 is 0. The van der Waals surface area contributed by atoms with Crippen molar-refractivity contribution < 1.29 is 22.7 Å². The third-order valence-corrected chi connectivity index (χ3v) is 7.53. The highest BCUT2D eigenvalue weighted by atomic mass is 32.2. The molecule has 148 valence electrons. The molecule has 0 N–H and O–H groups in total. The molecule has 2 heterocycles. The summed E-state index contributed by atoms with van der Waals surface area (Å²) < 4.78 is 37.9. The topological polar surface area (TPSA) is 72.9 Å². The third-order valence-electron chi connectivity index (χ3n) is 5.66. The van der Waals surface area contributed by atoms with Gasteiger partial charge in [0.2, 0.25) is 10.0 Å². The summed E-state index contributed by atoms with van der Waals surface area (Å²) in [6, 6.07) is 14.8. The highest BCUT2D eigenvalue weighted by molar-refractivity contribution is 7.89. The van der Waals surface area contributed by atoms with Gasteiger partial charge in [0.25, 0.3) is 0 Å². The fraction of sp³-hybridized carbons (Fsp3) is 0.381. The van der Waals surface area contributed by atoms with Gasteiger partial charge in [-0.2, -0.15) is 0 Å². The molecule has 0 aliphatic carbocycles. The Hall–Kier alpha value is -2.38. The van der Waals surface area contributed by atoms with Gasteiger partial charge in [0.05, 0.1) is 18.4 Å². The van der Waals surface area contributed by atoms with Crippen LogP contribution in [0, 0.1) is 0 Å². The van der Waals surface area contributed by atoms with Gasteiger partial charge in [-0.3, -0.25) is 0 Å². The van der Waals surface area contributed by atoms with Crippen LogP contribution < -0.4 is 4.74 Å². The Morgan fingerprint density at radius 1 is 1.07 bits per heavy atom. The number of fused-ring (bicyclic) bond motifs is 2. The van der Waals surface area contributed by atoms with Crippen LogP contribution in [0.5, 0.6) is 5.75 Å². The molecule has 0 aromatic heterocycles. The van der Waals surface area contributed by atoms with Gasteiger partial charge in [0.15, 0.2) is 0 Å². The van der Waals surface area contributed by atoms with Crippen molar-refractivity contribution in [2.24, 2.45) is 0 Å². The molecule has 7 heteroatoms. The number of methoxy groups -OCH3 is 1. The smallest absolute Gasteiger partial charge is 0.339 e. The van der Waals surface area contributed by atoms with Crippen molar-refractivity contribution in [2.75, 3.05) is 26.0 Å². The first-order valence-electron chi connectivity index (χ1n) is 9.37. The van der Waals surface area contributed by atoms with Crippen molar-refractivity contribution >= 4 is 16.0 Å². The number of esters is 1.